The number of hydrogen-bond donors (Lipinski definition) is 2. The van der Waals surface area contributed by atoms with Crippen LogP contribution in [0.2, 0.25) is 0 Å². The van der Waals surface area contributed by atoms with Crippen molar-refractivity contribution in [2.24, 2.45) is 0 Å². The number of thioether (sulfide) groups is 2. The molecule has 3 aromatic carbocycles. The van der Waals surface area contributed by atoms with Gasteiger partial charge >= 0.3 is 0 Å². The van der Waals surface area contributed by atoms with Crippen LogP contribution >= 0.6 is 23.5 Å². The van der Waals surface area contributed by atoms with Crippen LogP contribution in [0.15, 0.2) is 76.5 Å². The van der Waals surface area contributed by atoms with Gasteiger partial charge in [0.1, 0.15) is 6.54 Å². The molecule has 4 amide bonds. The van der Waals surface area contributed by atoms with Gasteiger partial charge < -0.3 is 20.1 Å². The number of para-hydroxylation sites is 1. The Kier molecular flexibility index (Phi) is 10.3. The summed E-state index contributed by atoms with van der Waals surface area (Å²) in [6.07, 6.45) is 3.48. The number of nitrogens with zero attached hydrogens (tertiary/aromatic N) is 1. The van der Waals surface area contributed by atoms with E-state index in [1.54, 1.807) is 30.3 Å². The molecule has 218 valence electrons. The molecule has 1 heterocycles. The van der Waals surface area contributed by atoms with Gasteiger partial charge in [0.15, 0.2) is 18.1 Å². The van der Waals surface area contributed by atoms with Gasteiger partial charge in [-0.1, -0.05) is 44.2 Å². The average Bonchev–Trinajstić information content (AvgIpc) is 3.23. The van der Waals surface area contributed by atoms with Crippen LogP contribution in [0.3, 0.4) is 0 Å². The van der Waals surface area contributed by atoms with Crippen molar-refractivity contribution in [1.29, 1.82) is 0 Å². The highest BCUT2D eigenvalue weighted by Crippen LogP contribution is 2.34. The van der Waals surface area contributed by atoms with Crippen LogP contribution in [0.4, 0.5) is 16.2 Å². The van der Waals surface area contributed by atoms with E-state index in [1.165, 1.54) is 18.9 Å². The number of ether oxygens (including phenoxy) is 2. The summed E-state index contributed by atoms with van der Waals surface area (Å²) in [5, 5.41) is 5.08. The quantitative estimate of drug-likeness (QED) is 0.195. The highest BCUT2D eigenvalue weighted by Gasteiger charge is 2.36. The maximum absolute atomic E-state index is 13.0. The number of carbonyl (C=O) groups excluding carboxylic acids is 4. The summed E-state index contributed by atoms with van der Waals surface area (Å²) >= 11 is 2.30. The van der Waals surface area contributed by atoms with E-state index in [2.05, 4.69) is 24.5 Å². The van der Waals surface area contributed by atoms with Crippen LogP contribution in [-0.4, -0.2) is 54.4 Å². The molecule has 0 aromatic heterocycles. The molecule has 4 rings (SSSR count). The van der Waals surface area contributed by atoms with Crippen molar-refractivity contribution in [3.8, 4) is 11.5 Å². The third kappa shape index (κ3) is 7.74. The van der Waals surface area contributed by atoms with Gasteiger partial charge in [-0.3, -0.25) is 24.1 Å². The van der Waals surface area contributed by atoms with Crippen LogP contribution in [0.1, 0.15) is 30.9 Å². The first kappa shape index (κ1) is 30.7. The van der Waals surface area contributed by atoms with Crippen molar-refractivity contribution in [3.63, 3.8) is 0 Å². The molecule has 42 heavy (non-hydrogen) atoms. The van der Waals surface area contributed by atoms with E-state index in [0.29, 0.717) is 22.7 Å². The molecular weight excluding hydrogens is 574 g/mol. The molecule has 0 spiro atoms. The molecule has 1 saturated heterocycles. The minimum absolute atomic E-state index is 0.177. The maximum atomic E-state index is 13.0. The summed E-state index contributed by atoms with van der Waals surface area (Å²) in [6.45, 7) is 3.48. The maximum Gasteiger partial charge on any atom is 0.294 e. The van der Waals surface area contributed by atoms with Gasteiger partial charge in [-0.25, -0.2) is 0 Å². The topological polar surface area (TPSA) is 114 Å². The largest absolute Gasteiger partial charge is 0.493 e. The predicted octanol–water partition coefficient (Wildman–Crippen LogP) is 6.23. The monoisotopic (exact) mass is 605 g/mol. The second-order valence-electron chi connectivity index (χ2n) is 9.54. The highest BCUT2D eigenvalue weighted by molar-refractivity contribution is 8.18. The van der Waals surface area contributed by atoms with E-state index in [4.69, 9.17) is 9.47 Å². The third-order valence-corrected chi connectivity index (χ3v) is 7.86. The minimum atomic E-state index is -0.560. The SMILES string of the molecule is COc1cc(/C=C2\SC(=O)N(CC(=O)Nc3cccc(SC)c3)C2=O)ccc1OCC(=O)Nc1ccccc1C(C)C. The molecule has 9 nitrogen and oxygen atoms in total. The lowest BCUT2D eigenvalue weighted by Crippen LogP contribution is -2.36. The van der Waals surface area contributed by atoms with E-state index in [1.807, 2.05) is 48.7 Å². The number of nitrogens with one attached hydrogen (secondary N) is 2. The predicted molar refractivity (Wildman–Crippen MR) is 167 cm³/mol. The van der Waals surface area contributed by atoms with Gasteiger partial charge in [-0.15, -0.1) is 11.8 Å². The summed E-state index contributed by atoms with van der Waals surface area (Å²) in [6, 6.07) is 19.8. The normalized spacial score (nSPS) is 13.9. The number of amides is 4. The number of benzene rings is 3. The molecule has 1 aliphatic heterocycles. The second-order valence-corrected chi connectivity index (χ2v) is 11.4. The van der Waals surface area contributed by atoms with Crippen LogP contribution in [0.5, 0.6) is 11.5 Å². The lowest BCUT2D eigenvalue weighted by molar-refractivity contribution is -0.127. The summed E-state index contributed by atoms with van der Waals surface area (Å²) < 4.78 is 11.1. The number of methoxy groups -OCH3 is 1. The third-order valence-electron chi connectivity index (χ3n) is 6.23. The van der Waals surface area contributed by atoms with Gasteiger partial charge in [0.05, 0.1) is 12.0 Å². The number of hydrogen-bond acceptors (Lipinski definition) is 8. The summed E-state index contributed by atoms with van der Waals surface area (Å²) in [7, 11) is 1.46. The van der Waals surface area contributed by atoms with Crippen LogP contribution in [0.25, 0.3) is 6.08 Å². The van der Waals surface area contributed by atoms with Crippen molar-refractivity contribution < 1.29 is 28.7 Å². The molecule has 2 N–H and O–H groups in total. The molecule has 0 aliphatic carbocycles. The van der Waals surface area contributed by atoms with Crippen molar-refractivity contribution in [3.05, 3.63) is 82.8 Å². The first-order valence-corrected chi connectivity index (χ1v) is 15.1. The fourth-order valence-corrected chi connectivity index (χ4v) is 5.47. The summed E-state index contributed by atoms with van der Waals surface area (Å²) in [5.74, 6) is -0.407. The lowest BCUT2D eigenvalue weighted by Gasteiger charge is -2.15. The van der Waals surface area contributed by atoms with Gasteiger partial charge in [0.2, 0.25) is 5.91 Å². The van der Waals surface area contributed by atoms with Crippen molar-refractivity contribution in [1.82, 2.24) is 4.90 Å². The highest BCUT2D eigenvalue weighted by atomic mass is 32.2. The standard InChI is InChI=1S/C31H31N3O6S2/c1-19(2)23-10-5-6-11-24(23)33-29(36)18-40-25-13-12-20(14-26(25)39-3)15-27-30(37)34(31(38)42-27)17-28(35)32-21-8-7-9-22(16-21)41-4/h5-16,19H,17-18H2,1-4H3,(H,32,35)(H,33,36)/b27-15-. The van der Waals surface area contributed by atoms with E-state index in [9.17, 15) is 19.2 Å². The smallest absolute Gasteiger partial charge is 0.294 e. The second kappa shape index (κ2) is 14.1. The molecule has 11 heteroatoms. The fraction of sp³-hybridized carbons (Fsp3) is 0.226. The molecule has 0 bridgehead atoms. The summed E-state index contributed by atoms with van der Waals surface area (Å²) in [5.41, 5.74) is 2.93. The van der Waals surface area contributed by atoms with Gasteiger partial charge in [0, 0.05) is 16.3 Å². The zero-order valence-electron chi connectivity index (χ0n) is 23.6. The molecule has 1 aliphatic rings. The Morgan fingerprint density at radius 2 is 1.76 bits per heavy atom. The zero-order chi connectivity index (χ0) is 30.2. The van der Waals surface area contributed by atoms with Crippen molar-refractivity contribution in [2.75, 3.05) is 37.2 Å². The molecule has 0 radical (unpaired) electrons. The first-order chi connectivity index (χ1) is 20.2. The molecule has 3 aromatic rings. The Balaban J connectivity index is 1.38. The Hall–Kier alpha value is -4.22. The number of anilines is 2. The van der Waals surface area contributed by atoms with Crippen molar-refractivity contribution >= 4 is 63.9 Å². The fourth-order valence-electron chi connectivity index (χ4n) is 4.17. The van der Waals surface area contributed by atoms with Crippen LogP contribution in [0, 0.1) is 0 Å². The molecule has 0 saturated carbocycles. The van der Waals surface area contributed by atoms with Crippen LogP contribution < -0.4 is 20.1 Å². The molecule has 0 unspecified atom stereocenters. The van der Waals surface area contributed by atoms with Gasteiger partial charge in [-0.2, -0.15) is 0 Å². The minimum Gasteiger partial charge on any atom is -0.493 e. The van der Waals surface area contributed by atoms with E-state index in [0.717, 1.165) is 32.8 Å². The van der Waals surface area contributed by atoms with E-state index in [-0.39, 0.29) is 23.3 Å². The zero-order valence-corrected chi connectivity index (χ0v) is 25.3. The van der Waals surface area contributed by atoms with E-state index < -0.39 is 23.6 Å². The molecule has 1 fully saturated rings. The number of carbonyl (C=O) groups is 4. The van der Waals surface area contributed by atoms with Gasteiger partial charge in [0.25, 0.3) is 17.1 Å². The molecular formula is C31H31N3O6S2. The Morgan fingerprint density at radius 3 is 2.50 bits per heavy atom. The average molecular weight is 606 g/mol. The Bertz CT molecular complexity index is 1540. The van der Waals surface area contributed by atoms with Crippen molar-refractivity contribution in [2.45, 2.75) is 24.7 Å². The Labute approximate surface area is 253 Å². The molecule has 0 atom stereocenters. The van der Waals surface area contributed by atoms with Gasteiger partial charge in [-0.05, 0) is 77.5 Å². The first-order valence-electron chi connectivity index (χ1n) is 13.1. The lowest BCUT2D eigenvalue weighted by atomic mass is 10.0. The number of imide groups is 1. The van der Waals surface area contributed by atoms with Crippen LogP contribution in [-0.2, 0) is 14.4 Å². The summed E-state index contributed by atoms with van der Waals surface area (Å²) in [4.78, 5) is 52.7. The van der Waals surface area contributed by atoms with E-state index >= 15 is 0 Å². The Morgan fingerprint density at radius 1 is 0.976 bits per heavy atom. The number of rotatable bonds is 11.